The first-order valence-corrected chi connectivity index (χ1v) is 7.88. The third kappa shape index (κ3) is 5.38. The summed E-state index contributed by atoms with van der Waals surface area (Å²) in [5.41, 5.74) is 6.17. The Hall–Kier alpha value is -1.55. The van der Waals surface area contributed by atoms with Crippen molar-refractivity contribution in [3.63, 3.8) is 0 Å². The van der Waals surface area contributed by atoms with Crippen LogP contribution in [0.2, 0.25) is 0 Å². The van der Waals surface area contributed by atoms with Gasteiger partial charge in [0, 0.05) is 18.8 Å². The van der Waals surface area contributed by atoms with Gasteiger partial charge < -0.3 is 16.0 Å². The van der Waals surface area contributed by atoms with Crippen molar-refractivity contribution in [1.29, 1.82) is 0 Å². The maximum atomic E-state index is 11.6. The lowest BCUT2D eigenvalue weighted by atomic mass is 9.94. The lowest BCUT2D eigenvalue weighted by Gasteiger charge is -2.28. The van der Waals surface area contributed by atoms with E-state index in [4.69, 9.17) is 5.73 Å². The van der Waals surface area contributed by atoms with Gasteiger partial charge in [0.25, 0.3) is 0 Å². The second-order valence-electron chi connectivity index (χ2n) is 5.60. The van der Waals surface area contributed by atoms with Crippen molar-refractivity contribution in [2.75, 3.05) is 24.5 Å². The molecule has 4 heteroatoms. The van der Waals surface area contributed by atoms with Gasteiger partial charge in [-0.25, -0.2) is 0 Å². The maximum Gasteiger partial charge on any atom is 0.237 e. The number of anilines is 1. The summed E-state index contributed by atoms with van der Waals surface area (Å²) in [7, 11) is 0. The van der Waals surface area contributed by atoms with Crippen LogP contribution in [0.1, 0.15) is 40.0 Å². The summed E-state index contributed by atoms with van der Waals surface area (Å²) in [5.74, 6) is -0.264. The van der Waals surface area contributed by atoms with Crippen molar-refractivity contribution in [1.82, 2.24) is 5.32 Å². The molecule has 0 radical (unpaired) electrons. The number of unbranched alkanes of at least 4 members (excludes halogenated alkanes) is 1. The number of amides is 1. The van der Waals surface area contributed by atoms with Crippen molar-refractivity contribution in [2.45, 2.75) is 45.6 Å². The van der Waals surface area contributed by atoms with Crippen LogP contribution in [-0.2, 0) is 4.79 Å². The number of nitrogens with two attached hydrogens (primary N) is 1. The van der Waals surface area contributed by atoms with Crippen LogP contribution in [0.5, 0.6) is 0 Å². The number of hydrogen-bond donors (Lipinski definition) is 2. The molecule has 1 atom stereocenters. The molecule has 1 amide bonds. The average molecular weight is 291 g/mol. The molecule has 1 rings (SSSR count). The fourth-order valence-electron chi connectivity index (χ4n) is 2.58. The Labute approximate surface area is 128 Å². The number of benzene rings is 1. The molecule has 1 aromatic carbocycles. The molecule has 0 aromatic heterocycles. The highest BCUT2D eigenvalue weighted by Gasteiger charge is 2.28. The Morgan fingerprint density at radius 1 is 1.24 bits per heavy atom. The van der Waals surface area contributed by atoms with Gasteiger partial charge in [-0.05, 0) is 51.8 Å². The molecular formula is C17H29N3O. The normalized spacial score (nSPS) is 13.7. The summed E-state index contributed by atoms with van der Waals surface area (Å²) < 4.78 is 0. The Bertz CT molecular complexity index is 421. The molecule has 1 unspecified atom stereocenters. The van der Waals surface area contributed by atoms with Gasteiger partial charge in [-0.2, -0.15) is 0 Å². The molecule has 0 aliphatic carbocycles. The smallest absolute Gasteiger partial charge is 0.237 e. The third-order valence-corrected chi connectivity index (χ3v) is 3.97. The molecule has 118 valence electrons. The number of primary amides is 1. The van der Waals surface area contributed by atoms with Gasteiger partial charge in [0.15, 0.2) is 0 Å². The molecule has 0 saturated carbocycles. The number of nitrogens with one attached hydrogen (secondary N) is 1. The van der Waals surface area contributed by atoms with E-state index in [1.165, 1.54) is 5.69 Å². The highest BCUT2D eigenvalue weighted by atomic mass is 16.1. The Morgan fingerprint density at radius 3 is 2.43 bits per heavy atom. The lowest BCUT2D eigenvalue weighted by Crippen LogP contribution is -2.53. The van der Waals surface area contributed by atoms with Crippen LogP contribution in [0.15, 0.2) is 30.3 Å². The zero-order chi connectivity index (χ0) is 15.7. The van der Waals surface area contributed by atoms with Gasteiger partial charge in [-0.15, -0.1) is 0 Å². The number of carbonyl (C=O) groups is 1. The predicted molar refractivity (Wildman–Crippen MR) is 89.5 cm³/mol. The molecule has 0 saturated heterocycles. The first-order chi connectivity index (χ1) is 10.0. The van der Waals surface area contributed by atoms with Gasteiger partial charge in [0.1, 0.15) is 0 Å². The molecule has 4 nitrogen and oxygen atoms in total. The second-order valence-corrected chi connectivity index (χ2v) is 5.60. The fraction of sp³-hybridized carbons (Fsp3) is 0.588. The lowest BCUT2D eigenvalue weighted by molar-refractivity contribution is -0.124. The summed E-state index contributed by atoms with van der Waals surface area (Å²) >= 11 is 0. The quantitative estimate of drug-likeness (QED) is 0.651. The topological polar surface area (TPSA) is 58.4 Å². The second kappa shape index (κ2) is 8.67. The number of rotatable bonds is 10. The largest absolute Gasteiger partial charge is 0.372 e. The van der Waals surface area contributed by atoms with Crippen LogP contribution in [0.25, 0.3) is 0 Å². The van der Waals surface area contributed by atoms with Gasteiger partial charge >= 0.3 is 0 Å². The molecule has 0 heterocycles. The molecule has 0 aliphatic rings. The van der Waals surface area contributed by atoms with E-state index in [-0.39, 0.29) is 5.91 Å². The Balaban J connectivity index is 2.43. The molecule has 21 heavy (non-hydrogen) atoms. The molecule has 0 aliphatic heterocycles. The summed E-state index contributed by atoms with van der Waals surface area (Å²) in [5, 5.41) is 3.20. The van der Waals surface area contributed by atoms with Gasteiger partial charge in [-0.1, -0.05) is 25.1 Å². The number of nitrogens with zero attached hydrogens (tertiary/aromatic N) is 1. The Kier molecular flexibility index (Phi) is 7.23. The first kappa shape index (κ1) is 17.5. The molecule has 0 fully saturated rings. The van der Waals surface area contributed by atoms with Gasteiger partial charge in [-0.3, -0.25) is 4.79 Å². The summed E-state index contributed by atoms with van der Waals surface area (Å²) in [6, 6.07) is 10.4. The van der Waals surface area contributed by atoms with Crippen LogP contribution in [0.3, 0.4) is 0 Å². The van der Waals surface area contributed by atoms with E-state index >= 15 is 0 Å². The number of hydrogen-bond acceptors (Lipinski definition) is 3. The highest BCUT2D eigenvalue weighted by molar-refractivity contribution is 5.84. The third-order valence-electron chi connectivity index (χ3n) is 3.97. The van der Waals surface area contributed by atoms with Crippen molar-refractivity contribution in [3.8, 4) is 0 Å². The van der Waals surface area contributed by atoms with Crippen LogP contribution in [-0.4, -0.2) is 31.1 Å². The van der Waals surface area contributed by atoms with Gasteiger partial charge in [0.2, 0.25) is 5.91 Å². The average Bonchev–Trinajstić information content (AvgIpc) is 2.48. The van der Waals surface area contributed by atoms with E-state index in [1.54, 1.807) is 0 Å². The molecule has 3 N–H and O–H groups in total. The number of carbonyl (C=O) groups excluding carboxylic acids is 1. The number of para-hydroxylation sites is 1. The van der Waals surface area contributed by atoms with E-state index in [9.17, 15) is 4.79 Å². The molecular weight excluding hydrogens is 262 g/mol. The minimum absolute atomic E-state index is 0.264. The summed E-state index contributed by atoms with van der Waals surface area (Å²) in [4.78, 5) is 13.9. The van der Waals surface area contributed by atoms with E-state index in [0.29, 0.717) is 0 Å². The summed E-state index contributed by atoms with van der Waals surface area (Å²) in [6.07, 6.45) is 2.81. The van der Waals surface area contributed by atoms with E-state index in [1.807, 2.05) is 19.9 Å². The monoisotopic (exact) mass is 291 g/mol. The standard InChI is InChI=1S/C17H29N3O/c1-4-19-17(3,16(18)21)13-9-10-14-20(5-2)15-11-7-6-8-12-15/h6-8,11-12,19H,4-5,9-10,13-14H2,1-3H3,(H2,18,21). The summed E-state index contributed by atoms with van der Waals surface area (Å²) in [6.45, 7) is 8.80. The fourth-order valence-corrected chi connectivity index (χ4v) is 2.58. The molecule has 0 bridgehead atoms. The van der Waals surface area contributed by atoms with Gasteiger partial charge in [0.05, 0.1) is 5.54 Å². The zero-order valence-electron chi connectivity index (χ0n) is 13.6. The van der Waals surface area contributed by atoms with Crippen LogP contribution >= 0.6 is 0 Å². The van der Waals surface area contributed by atoms with Crippen molar-refractivity contribution in [2.24, 2.45) is 5.73 Å². The maximum absolute atomic E-state index is 11.6. The molecule has 0 spiro atoms. The number of likely N-dealkylation sites (N-methyl/N-ethyl adjacent to an activating group) is 1. The van der Waals surface area contributed by atoms with Crippen molar-refractivity contribution in [3.05, 3.63) is 30.3 Å². The Morgan fingerprint density at radius 2 is 1.90 bits per heavy atom. The SMILES string of the molecule is CCNC(C)(CCCCN(CC)c1ccccc1)C(N)=O. The minimum Gasteiger partial charge on any atom is -0.372 e. The zero-order valence-corrected chi connectivity index (χ0v) is 13.6. The van der Waals surface area contributed by atoms with Crippen molar-refractivity contribution >= 4 is 11.6 Å². The minimum atomic E-state index is -0.585. The van der Waals surface area contributed by atoms with Crippen LogP contribution < -0.4 is 16.0 Å². The van der Waals surface area contributed by atoms with Crippen LogP contribution in [0, 0.1) is 0 Å². The van der Waals surface area contributed by atoms with Crippen LogP contribution in [0.4, 0.5) is 5.69 Å². The highest BCUT2D eigenvalue weighted by Crippen LogP contribution is 2.17. The van der Waals surface area contributed by atoms with E-state index < -0.39 is 5.54 Å². The van der Waals surface area contributed by atoms with Crippen molar-refractivity contribution < 1.29 is 4.79 Å². The van der Waals surface area contributed by atoms with E-state index in [2.05, 4.69) is 41.4 Å². The predicted octanol–water partition coefficient (Wildman–Crippen LogP) is 2.54. The molecule has 1 aromatic rings. The first-order valence-electron chi connectivity index (χ1n) is 7.88. The van der Waals surface area contributed by atoms with E-state index in [0.717, 1.165) is 38.9 Å².